The van der Waals surface area contributed by atoms with Gasteiger partial charge in [-0.15, -0.1) is 0 Å². The molecule has 1 heterocycles. The SMILES string of the molecule is CC(NCCOCC1CCCCC1)C1CCCO1. The van der Waals surface area contributed by atoms with E-state index in [9.17, 15) is 0 Å². The lowest BCUT2D eigenvalue weighted by atomic mass is 9.90. The minimum absolute atomic E-state index is 0.420. The molecule has 2 atom stereocenters. The highest BCUT2D eigenvalue weighted by molar-refractivity contribution is 4.76. The molecule has 0 spiro atoms. The number of rotatable bonds is 7. The van der Waals surface area contributed by atoms with E-state index in [0.29, 0.717) is 12.1 Å². The minimum atomic E-state index is 0.420. The molecule has 0 amide bonds. The summed E-state index contributed by atoms with van der Waals surface area (Å²) in [7, 11) is 0. The summed E-state index contributed by atoms with van der Waals surface area (Å²) in [6, 6.07) is 0.464. The molecule has 106 valence electrons. The highest BCUT2D eigenvalue weighted by atomic mass is 16.5. The van der Waals surface area contributed by atoms with Gasteiger partial charge in [0.25, 0.3) is 0 Å². The maximum absolute atomic E-state index is 5.78. The maximum Gasteiger partial charge on any atom is 0.0726 e. The average molecular weight is 255 g/mol. The van der Waals surface area contributed by atoms with Crippen molar-refractivity contribution >= 4 is 0 Å². The summed E-state index contributed by atoms with van der Waals surface area (Å²) in [4.78, 5) is 0. The largest absolute Gasteiger partial charge is 0.380 e. The van der Waals surface area contributed by atoms with E-state index in [4.69, 9.17) is 9.47 Å². The highest BCUT2D eigenvalue weighted by Crippen LogP contribution is 2.23. The quantitative estimate of drug-likeness (QED) is 0.710. The van der Waals surface area contributed by atoms with Crippen molar-refractivity contribution in [2.45, 2.75) is 64.0 Å². The number of hydrogen-bond acceptors (Lipinski definition) is 3. The topological polar surface area (TPSA) is 30.5 Å². The van der Waals surface area contributed by atoms with Gasteiger partial charge in [0.1, 0.15) is 0 Å². The van der Waals surface area contributed by atoms with Gasteiger partial charge >= 0.3 is 0 Å². The van der Waals surface area contributed by atoms with Gasteiger partial charge in [0, 0.05) is 25.8 Å². The Morgan fingerprint density at radius 2 is 2.00 bits per heavy atom. The Morgan fingerprint density at radius 3 is 2.72 bits per heavy atom. The van der Waals surface area contributed by atoms with E-state index in [1.165, 1.54) is 44.9 Å². The van der Waals surface area contributed by atoms with Crippen LogP contribution in [0.15, 0.2) is 0 Å². The summed E-state index contributed by atoms with van der Waals surface area (Å²) in [5.41, 5.74) is 0. The van der Waals surface area contributed by atoms with Crippen molar-refractivity contribution < 1.29 is 9.47 Å². The van der Waals surface area contributed by atoms with Crippen LogP contribution in [-0.4, -0.2) is 38.5 Å². The third kappa shape index (κ3) is 4.87. The first kappa shape index (κ1) is 14.3. The Balaban J connectivity index is 1.45. The van der Waals surface area contributed by atoms with E-state index in [0.717, 1.165) is 32.3 Å². The lowest BCUT2D eigenvalue weighted by molar-refractivity contribution is 0.0669. The molecule has 1 saturated carbocycles. The fourth-order valence-corrected chi connectivity index (χ4v) is 3.09. The van der Waals surface area contributed by atoms with Crippen molar-refractivity contribution in [2.75, 3.05) is 26.4 Å². The fraction of sp³-hybridized carbons (Fsp3) is 1.00. The average Bonchev–Trinajstić information content (AvgIpc) is 2.93. The molecule has 1 N–H and O–H groups in total. The summed E-state index contributed by atoms with van der Waals surface area (Å²) in [5.74, 6) is 0.828. The zero-order valence-corrected chi connectivity index (χ0v) is 11.8. The standard InChI is InChI=1S/C15H29NO2/c1-13(15-8-5-10-18-15)16-9-11-17-12-14-6-3-2-4-7-14/h13-16H,2-12H2,1H3. The Labute approximate surface area is 112 Å². The van der Waals surface area contributed by atoms with Gasteiger partial charge in [-0.2, -0.15) is 0 Å². The van der Waals surface area contributed by atoms with Crippen LogP contribution < -0.4 is 5.32 Å². The van der Waals surface area contributed by atoms with Crippen LogP contribution in [0.25, 0.3) is 0 Å². The van der Waals surface area contributed by atoms with E-state index in [2.05, 4.69) is 12.2 Å². The van der Waals surface area contributed by atoms with Crippen molar-refractivity contribution in [2.24, 2.45) is 5.92 Å². The molecule has 1 saturated heterocycles. The molecule has 3 heteroatoms. The summed E-state index contributed by atoms with van der Waals surface area (Å²) >= 11 is 0. The molecule has 3 nitrogen and oxygen atoms in total. The molecule has 2 aliphatic rings. The summed E-state index contributed by atoms with van der Waals surface area (Å²) in [6.45, 7) is 5.92. The smallest absolute Gasteiger partial charge is 0.0726 e. The fourth-order valence-electron chi connectivity index (χ4n) is 3.09. The van der Waals surface area contributed by atoms with Crippen LogP contribution in [0.2, 0.25) is 0 Å². The second-order valence-electron chi connectivity index (χ2n) is 5.87. The normalized spacial score (nSPS) is 27.5. The van der Waals surface area contributed by atoms with Gasteiger partial charge in [0.05, 0.1) is 12.7 Å². The molecular formula is C15H29NO2. The molecule has 1 aliphatic carbocycles. The monoisotopic (exact) mass is 255 g/mol. The lowest BCUT2D eigenvalue weighted by Crippen LogP contribution is -2.38. The Morgan fingerprint density at radius 1 is 1.17 bits per heavy atom. The van der Waals surface area contributed by atoms with Gasteiger partial charge in [0.15, 0.2) is 0 Å². The van der Waals surface area contributed by atoms with Crippen LogP contribution in [0.5, 0.6) is 0 Å². The van der Waals surface area contributed by atoms with Crippen molar-refractivity contribution in [1.82, 2.24) is 5.32 Å². The number of nitrogens with one attached hydrogen (secondary N) is 1. The summed E-state index contributed by atoms with van der Waals surface area (Å²) in [5, 5.41) is 3.51. The molecule has 0 aromatic rings. The van der Waals surface area contributed by atoms with Crippen molar-refractivity contribution in [3.05, 3.63) is 0 Å². The van der Waals surface area contributed by atoms with Gasteiger partial charge in [-0.1, -0.05) is 19.3 Å². The first-order valence-corrected chi connectivity index (χ1v) is 7.79. The molecule has 2 rings (SSSR count). The van der Waals surface area contributed by atoms with Crippen molar-refractivity contribution in [1.29, 1.82) is 0 Å². The zero-order valence-electron chi connectivity index (χ0n) is 11.8. The Kier molecular flexibility index (Phi) is 6.46. The molecule has 0 bridgehead atoms. The molecule has 1 aliphatic heterocycles. The van der Waals surface area contributed by atoms with Crippen LogP contribution >= 0.6 is 0 Å². The predicted octanol–water partition coefficient (Wildman–Crippen LogP) is 2.74. The summed E-state index contributed by atoms with van der Waals surface area (Å²) < 4.78 is 11.4. The van der Waals surface area contributed by atoms with Crippen molar-refractivity contribution in [3.8, 4) is 0 Å². The Bertz CT molecular complexity index is 211. The molecule has 2 fully saturated rings. The first-order valence-electron chi connectivity index (χ1n) is 7.79. The molecule has 18 heavy (non-hydrogen) atoms. The lowest BCUT2D eigenvalue weighted by Gasteiger charge is -2.22. The third-order valence-corrected chi connectivity index (χ3v) is 4.31. The van der Waals surface area contributed by atoms with E-state index < -0.39 is 0 Å². The van der Waals surface area contributed by atoms with Crippen LogP contribution in [0.1, 0.15) is 51.9 Å². The van der Waals surface area contributed by atoms with Gasteiger partial charge in [-0.3, -0.25) is 0 Å². The van der Waals surface area contributed by atoms with Crippen molar-refractivity contribution in [3.63, 3.8) is 0 Å². The van der Waals surface area contributed by atoms with Crippen LogP contribution in [0.4, 0.5) is 0 Å². The third-order valence-electron chi connectivity index (χ3n) is 4.31. The highest BCUT2D eigenvalue weighted by Gasteiger charge is 2.21. The molecule has 0 aromatic heterocycles. The molecule has 0 aromatic carbocycles. The number of hydrogen-bond donors (Lipinski definition) is 1. The van der Waals surface area contributed by atoms with Crippen LogP contribution in [0.3, 0.4) is 0 Å². The predicted molar refractivity (Wildman–Crippen MR) is 73.8 cm³/mol. The van der Waals surface area contributed by atoms with Crippen LogP contribution in [0, 0.1) is 5.92 Å². The van der Waals surface area contributed by atoms with Crippen LogP contribution in [-0.2, 0) is 9.47 Å². The van der Waals surface area contributed by atoms with E-state index >= 15 is 0 Å². The van der Waals surface area contributed by atoms with Gasteiger partial charge in [-0.25, -0.2) is 0 Å². The minimum Gasteiger partial charge on any atom is -0.380 e. The van der Waals surface area contributed by atoms with E-state index in [1.807, 2.05) is 0 Å². The molecule has 2 unspecified atom stereocenters. The van der Waals surface area contributed by atoms with Gasteiger partial charge in [-0.05, 0) is 38.5 Å². The second-order valence-corrected chi connectivity index (χ2v) is 5.87. The van der Waals surface area contributed by atoms with E-state index in [1.54, 1.807) is 0 Å². The molecule has 0 radical (unpaired) electrons. The number of ether oxygens (including phenoxy) is 2. The van der Waals surface area contributed by atoms with E-state index in [-0.39, 0.29) is 0 Å². The second kappa shape index (κ2) is 8.13. The molecular weight excluding hydrogens is 226 g/mol. The zero-order chi connectivity index (χ0) is 12.6. The van der Waals surface area contributed by atoms with Gasteiger partial charge in [0.2, 0.25) is 0 Å². The summed E-state index contributed by atoms with van der Waals surface area (Å²) in [6.07, 6.45) is 9.83. The first-order chi connectivity index (χ1) is 8.86. The maximum atomic E-state index is 5.78. The van der Waals surface area contributed by atoms with Gasteiger partial charge < -0.3 is 14.8 Å². The Hall–Kier alpha value is -0.120.